The molecule has 8 nitrogen and oxygen atoms in total. The van der Waals surface area contributed by atoms with E-state index in [0.29, 0.717) is 25.4 Å². The van der Waals surface area contributed by atoms with Crippen LogP contribution < -0.4 is 16.2 Å². The summed E-state index contributed by atoms with van der Waals surface area (Å²) >= 11 is 1.59. The first-order chi connectivity index (χ1) is 13.1. The number of ether oxygens (including phenoxy) is 1. The Kier molecular flexibility index (Phi) is 6.57. The summed E-state index contributed by atoms with van der Waals surface area (Å²) in [4.78, 5) is 45.3. The van der Waals surface area contributed by atoms with Gasteiger partial charge in [0.1, 0.15) is 10.7 Å². The van der Waals surface area contributed by atoms with Gasteiger partial charge in [-0.15, -0.1) is 11.3 Å². The molecule has 2 amide bonds. The molecule has 27 heavy (non-hydrogen) atoms. The molecule has 0 saturated heterocycles. The maximum atomic E-state index is 12.5. The van der Waals surface area contributed by atoms with Crippen molar-refractivity contribution in [2.75, 3.05) is 26.8 Å². The van der Waals surface area contributed by atoms with Crippen molar-refractivity contribution >= 4 is 33.4 Å². The third-order valence-electron chi connectivity index (χ3n) is 4.54. The van der Waals surface area contributed by atoms with E-state index in [0.717, 1.165) is 41.5 Å². The highest BCUT2D eigenvalue weighted by Gasteiger charge is 2.19. The van der Waals surface area contributed by atoms with Gasteiger partial charge in [0.2, 0.25) is 11.8 Å². The number of carbonyl (C=O) groups is 2. The summed E-state index contributed by atoms with van der Waals surface area (Å²) in [5.41, 5.74) is 1.03. The van der Waals surface area contributed by atoms with E-state index in [1.54, 1.807) is 18.4 Å². The zero-order chi connectivity index (χ0) is 19.2. The first-order valence-corrected chi connectivity index (χ1v) is 9.96. The minimum absolute atomic E-state index is 0.0802. The summed E-state index contributed by atoms with van der Waals surface area (Å²) in [6.07, 6.45) is 4.70. The molecule has 1 aliphatic rings. The molecule has 3 rings (SSSR count). The molecule has 0 fully saturated rings. The lowest BCUT2D eigenvalue weighted by molar-refractivity contribution is -0.126. The Morgan fingerprint density at radius 2 is 2.04 bits per heavy atom. The Balaban J connectivity index is 1.55. The summed E-state index contributed by atoms with van der Waals surface area (Å²) in [5, 5.41) is 5.91. The number of fused-ring (bicyclic) bond motifs is 3. The van der Waals surface area contributed by atoms with E-state index >= 15 is 0 Å². The van der Waals surface area contributed by atoms with Gasteiger partial charge in [-0.2, -0.15) is 0 Å². The average Bonchev–Trinajstić information content (AvgIpc) is 3.03. The molecule has 0 unspecified atom stereocenters. The Hall–Kier alpha value is -2.26. The first-order valence-electron chi connectivity index (χ1n) is 9.14. The predicted molar refractivity (Wildman–Crippen MR) is 103 cm³/mol. The SMILES string of the molecule is COCCNC(=O)CNC(=O)CCc1nc2sc3c(c2c(=O)[nH]1)CCCC3. The maximum absolute atomic E-state index is 12.5. The number of amides is 2. The minimum atomic E-state index is -0.266. The van der Waals surface area contributed by atoms with Gasteiger partial charge in [-0.25, -0.2) is 4.98 Å². The van der Waals surface area contributed by atoms with E-state index in [1.807, 2.05) is 0 Å². The molecule has 2 aromatic rings. The van der Waals surface area contributed by atoms with Gasteiger partial charge < -0.3 is 20.4 Å². The van der Waals surface area contributed by atoms with Crippen LogP contribution in [-0.4, -0.2) is 48.6 Å². The molecular weight excluding hydrogens is 368 g/mol. The second-order valence-electron chi connectivity index (χ2n) is 6.52. The molecule has 0 spiro atoms. The second kappa shape index (κ2) is 9.09. The van der Waals surface area contributed by atoms with Crippen molar-refractivity contribution in [1.29, 1.82) is 0 Å². The lowest BCUT2D eigenvalue weighted by Crippen LogP contribution is -2.38. The van der Waals surface area contributed by atoms with Crippen molar-refractivity contribution in [2.45, 2.75) is 38.5 Å². The quantitative estimate of drug-likeness (QED) is 0.572. The van der Waals surface area contributed by atoms with Crippen LogP contribution in [0.3, 0.4) is 0 Å². The zero-order valence-electron chi connectivity index (χ0n) is 15.4. The molecule has 0 bridgehead atoms. The third-order valence-corrected chi connectivity index (χ3v) is 5.72. The molecule has 0 saturated carbocycles. The summed E-state index contributed by atoms with van der Waals surface area (Å²) in [6, 6.07) is 0. The fourth-order valence-electron chi connectivity index (χ4n) is 3.18. The van der Waals surface area contributed by atoms with Crippen molar-refractivity contribution in [1.82, 2.24) is 20.6 Å². The normalized spacial score (nSPS) is 13.4. The molecule has 0 aliphatic heterocycles. The number of hydrogen-bond acceptors (Lipinski definition) is 6. The molecule has 0 radical (unpaired) electrons. The number of aromatic amines is 1. The van der Waals surface area contributed by atoms with E-state index in [2.05, 4.69) is 20.6 Å². The fourth-order valence-corrected chi connectivity index (χ4v) is 4.46. The third kappa shape index (κ3) is 4.92. The highest BCUT2D eigenvalue weighted by Crippen LogP contribution is 2.33. The minimum Gasteiger partial charge on any atom is -0.383 e. The van der Waals surface area contributed by atoms with E-state index < -0.39 is 0 Å². The van der Waals surface area contributed by atoms with Crippen molar-refractivity contribution in [3.63, 3.8) is 0 Å². The Morgan fingerprint density at radius 3 is 2.85 bits per heavy atom. The van der Waals surface area contributed by atoms with Crippen LogP contribution in [0.1, 0.15) is 35.5 Å². The van der Waals surface area contributed by atoms with Gasteiger partial charge in [0.05, 0.1) is 18.5 Å². The highest BCUT2D eigenvalue weighted by molar-refractivity contribution is 7.18. The average molecular weight is 392 g/mol. The first kappa shape index (κ1) is 19.5. The Bertz CT molecular complexity index is 889. The van der Waals surface area contributed by atoms with E-state index in [-0.39, 0.29) is 30.3 Å². The zero-order valence-corrected chi connectivity index (χ0v) is 16.2. The van der Waals surface area contributed by atoms with Crippen molar-refractivity contribution in [3.05, 3.63) is 26.6 Å². The van der Waals surface area contributed by atoms with Crippen LogP contribution in [0.15, 0.2) is 4.79 Å². The molecule has 146 valence electrons. The Morgan fingerprint density at radius 1 is 1.22 bits per heavy atom. The number of thiophene rings is 1. The van der Waals surface area contributed by atoms with Crippen molar-refractivity contribution < 1.29 is 14.3 Å². The van der Waals surface area contributed by atoms with Gasteiger partial charge >= 0.3 is 0 Å². The van der Waals surface area contributed by atoms with Crippen LogP contribution in [-0.2, 0) is 33.6 Å². The molecule has 9 heteroatoms. The topological polar surface area (TPSA) is 113 Å². The molecule has 0 atom stereocenters. The molecule has 2 heterocycles. The van der Waals surface area contributed by atoms with Crippen LogP contribution in [0.25, 0.3) is 10.2 Å². The number of methoxy groups -OCH3 is 1. The molecule has 2 aromatic heterocycles. The van der Waals surface area contributed by atoms with E-state index in [1.165, 1.54) is 4.88 Å². The second-order valence-corrected chi connectivity index (χ2v) is 7.61. The van der Waals surface area contributed by atoms with Crippen LogP contribution >= 0.6 is 11.3 Å². The number of carbonyl (C=O) groups excluding carboxylic acids is 2. The van der Waals surface area contributed by atoms with E-state index in [4.69, 9.17) is 4.74 Å². The molecule has 3 N–H and O–H groups in total. The van der Waals surface area contributed by atoms with Crippen molar-refractivity contribution in [3.8, 4) is 0 Å². The number of nitrogens with zero attached hydrogens (tertiary/aromatic N) is 1. The number of rotatable bonds is 8. The van der Waals surface area contributed by atoms with E-state index in [9.17, 15) is 14.4 Å². The van der Waals surface area contributed by atoms with Crippen LogP contribution in [0.2, 0.25) is 0 Å². The van der Waals surface area contributed by atoms with Crippen LogP contribution in [0.5, 0.6) is 0 Å². The van der Waals surface area contributed by atoms with Gasteiger partial charge in [-0.1, -0.05) is 0 Å². The lowest BCUT2D eigenvalue weighted by atomic mass is 9.97. The summed E-state index contributed by atoms with van der Waals surface area (Å²) in [7, 11) is 1.55. The van der Waals surface area contributed by atoms with Crippen LogP contribution in [0, 0.1) is 0 Å². The van der Waals surface area contributed by atoms with Gasteiger partial charge in [-0.05, 0) is 31.2 Å². The number of nitrogens with one attached hydrogen (secondary N) is 3. The predicted octanol–water partition coefficient (Wildman–Crippen LogP) is 0.675. The number of H-pyrrole nitrogens is 1. The number of aromatic nitrogens is 2. The number of hydrogen-bond donors (Lipinski definition) is 3. The van der Waals surface area contributed by atoms with Gasteiger partial charge in [0.25, 0.3) is 5.56 Å². The highest BCUT2D eigenvalue weighted by atomic mass is 32.1. The van der Waals surface area contributed by atoms with Crippen molar-refractivity contribution in [2.24, 2.45) is 0 Å². The summed E-state index contributed by atoms with van der Waals surface area (Å²) < 4.78 is 4.83. The smallest absolute Gasteiger partial charge is 0.259 e. The largest absolute Gasteiger partial charge is 0.383 e. The lowest BCUT2D eigenvalue weighted by Gasteiger charge is -2.09. The number of aryl methyl sites for hydroxylation is 3. The van der Waals surface area contributed by atoms with Crippen LogP contribution in [0.4, 0.5) is 0 Å². The molecular formula is C18H24N4O4S. The summed E-state index contributed by atoms with van der Waals surface area (Å²) in [6.45, 7) is 0.748. The van der Waals surface area contributed by atoms with Gasteiger partial charge in [0, 0.05) is 31.4 Å². The fraction of sp³-hybridized carbons (Fsp3) is 0.556. The molecule has 1 aliphatic carbocycles. The van der Waals surface area contributed by atoms with Gasteiger partial charge in [0.15, 0.2) is 0 Å². The standard InChI is InChI=1S/C18H24N4O4S/c1-26-9-8-19-15(24)10-20-14(23)7-6-13-21-17(25)16-11-4-2-3-5-12(11)27-18(16)22-13/h2-10H2,1H3,(H,19,24)(H,20,23)(H,21,22,25). The Labute approximate surface area is 160 Å². The summed E-state index contributed by atoms with van der Waals surface area (Å²) in [5.74, 6) is -0.0200. The van der Waals surface area contributed by atoms with Gasteiger partial charge in [-0.3, -0.25) is 14.4 Å². The monoisotopic (exact) mass is 392 g/mol. The molecule has 0 aromatic carbocycles. The maximum Gasteiger partial charge on any atom is 0.259 e.